The lowest BCUT2D eigenvalue weighted by Gasteiger charge is -2.12. The van der Waals surface area contributed by atoms with E-state index in [-0.39, 0.29) is 11.2 Å². The molecule has 190 valence electrons. The molecular formula is C27H30N8O2. The molecule has 5 rings (SSSR count). The van der Waals surface area contributed by atoms with E-state index in [1.807, 2.05) is 35.8 Å². The van der Waals surface area contributed by atoms with Crippen LogP contribution in [-0.4, -0.2) is 38.9 Å². The summed E-state index contributed by atoms with van der Waals surface area (Å²) < 4.78 is 6.45. The highest BCUT2D eigenvalue weighted by atomic mass is 16.2. The summed E-state index contributed by atoms with van der Waals surface area (Å²) in [6, 6.07) is 16.2. The Morgan fingerprint density at radius 1 is 0.919 bits per heavy atom. The lowest BCUT2D eigenvalue weighted by Crippen LogP contribution is -2.39. The summed E-state index contributed by atoms with van der Waals surface area (Å²) in [7, 11) is 1.69. The Balaban J connectivity index is 1.57. The van der Waals surface area contributed by atoms with Crippen molar-refractivity contribution in [3.63, 3.8) is 0 Å². The number of aromatic nitrogens is 8. The van der Waals surface area contributed by atoms with Crippen LogP contribution >= 0.6 is 0 Å². The van der Waals surface area contributed by atoms with Crippen molar-refractivity contribution in [2.75, 3.05) is 0 Å². The molecule has 0 bridgehead atoms. The van der Waals surface area contributed by atoms with E-state index >= 15 is 0 Å². The summed E-state index contributed by atoms with van der Waals surface area (Å²) in [5.41, 5.74) is 4.30. The molecule has 0 radical (unpaired) electrons. The fourth-order valence-corrected chi connectivity index (χ4v) is 4.69. The number of hydrogen-bond acceptors (Lipinski definition) is 6. The number of unbranched alkanes of at least 4 members (excludes halogenated alkanes) is 1. The Hall–Kier alpha value is -4.34. The van der Waals surface area contributed by atoms with Gasteiger partial charge in [-0.1, -0.05) is 62.7 Å². The monoisotopic (exact) mass is 498 g/mol. The third-order valence-corrected chi connectivity index (χ3v) is 6.62. The molecule has 3 aromatic heterocycles. The predicted molar refractivity (Wildman–Crippen MR) is 142 cm³/mol. The van der Waals surface area contributed by atoms with E-state index in [0.717, 1.165) is 47.5 Å². The average molecular weight is 499 g/mol. The SMILES string of the molecule is CCCCc1nc2c(c(=O)n(CCC)c(=O)n2C)n1Cc1ccc(-c2ccccc2-n2cnnn2)cc1. The van der Waals surface area contributed by atoms with Crippen molar-refractivity contribution in [2.24, 2.45) is 7.05 Å². The van der Waals surface area contributed by atoms with Gasteiger partial charge in [0, 0.05) is 32.1 Å². The fraction of sp³-hybridized carbons (Fsp3) is 0.333. The molecule has 37 heavy (non-hydrogen) atoms. The zero-order chi connectivity index (χ0) is 25.9. The number of rotatable bonds is 9. The summed E-state index contributed by atoms with van der Waals surface area (Å²) in [4.78, 5) is 31.0. The zero-order valence-corrected chi connectivity index (χ0v) is 21.3. The number of imidazole rings is 1. The van der Waals surface area contributed by atoms with Gasteiger partial charge in [0.05, 0.1) is 5.69 Å². The Morgan fingerprint density at radius 3 is 2.41 bits per heavy atom. The van der Waals surface area contributed by atoms with Crippen molar-refractivity contribution in [1.29, 1.82) is 0 Å². The third kappa shape index (κ3) is 4.50. The number of benzene rings is 2. The van der Waals surface area contributed by atoms with Crippen LogP contribution in [0, 0.1) is 0 Å². The number of aryl methyl sites for hydroxylation is 2. The summed E-state index contributed by atoms with van der Waals surface area (Å²) in [6.07, 6.45) is 4.98. The molecule has 0 aliphatic carbocycles. The van der Waals surface area contributed by atoms with Crippen LogP contribution in [-0.2, 0) is 26.6 Å². The van der Waals surface area contributed by atoms with Gasteiger partial charge in [0.15, 0.2) is 11.2 Å². The second-order valence-corrected chi connectivity index (χ2v) is 9.16. The zero-order valence-electron chi connectivity index (χ0n) is 21.3. The average Bonchev–Trinajstić information content (AvgIpc) is 3.58. The Bertz CT molecular complexity index is 1640. The highest BCUT2D eigenvalue weighted by molar-refractivity contribution is 5.73. The van der Waals surface area contributed by atoms with E-state index in [4.69, 9.17) is 4.98 Å². The molecule has 0 saturated carbocycles. The molecule has 0 fully saturated rings. The van der Waals surface area contributed by atoms with Crippen LogP contribution in [0.3, 0.4) is 0 Å². The van der Waals surface area contributed by atoms with Gasteiger partial charge < -0.3 is 4.57 Å². The molecule has 3 heterocycles. The minimum absolute atomic E-state index is 0.276. The lowest BCUT2D eigenvalue weighted by molar-refractivity contribution is 0.590. The van der Waals surface area contributed by atoms with Crippen molar-refractivity contribution < 1.29 is 0 Å². The normalized spacial score (nSPS) is 11.4. The largest absolute Gasteiger partial charge is 0.332 e. The van der Waals surface area contributed by atoms with Gasteiger partial charge in [-0.15, -0.1) is 5.10 Å². The molecule has 0 aliphatic heterocycles. The Kier molecular flexibility index (Phi) is 6.80. The quantitative estimate of drug-likeness (QED) is 0.309. The van der Waals surface area contributed by atoms with E-state index in [1.54, 1.807) is 18.1 Å². The number of nitrogens with zero attached hydrogens (tertiary/aromatic N) is 8. The molecule has 0 aliphatic rings. The Labute approximate surface area is 213 Å². The first kappa shape index (κ1) is 24.4. The first-order chi connectivity index (χ1) is 18.0. The topological polar surface area (TPSA) is 105 Å². The highest BCUT2D eigenvalue weighted by Crippen LogP contribution is 2.27. The predicted octanol–water partition coefficient (Wildman–Crippen LogP) is 3.34. The van der Waals surface area contributed by atoms with Crippen LogP contribution < -0.4 is 11.2 Å². The van der Waals surface area contributed by atoms with Crippen molar-refractivity contribution in [2.45, 2.75) is 52.6 Å². The molecular weight excluding hydrogens is 468 g/mol. The molecule has 0 unspecified atom stereocenters. The minimum Gasteiger partial charge on any atom is -0.318 e. The fourth-order valence-electron chi connectivity index (χ4n) is 4.69. The van der Waals surface area contributed by atoms with Crippen LogP contribution in [0.25, 0.3) is 28.0 Å². The molecule has 5 aromatic rings. The highest BCUT2D eigenvalue weighted by Gasteiger charge is 2.20. The standard InChI is InChI=1S/C27H30N8O2/c1-4-6-11-23-29-25-24(26(36)33(16-5-2)27(37)32(25)3)34(23)17-19-12-14-20(15-13-19)21-9-7-8-10-22(21)35-18-28-30-31-35/h7-10,12-15,18H,4-6,11,16-17H2,1-3H3. The number of hydrogen-bond donors (Lipinski definition) is 0. The van der Waals surface area contributed by atoms with Crippen molar-refractivity contribution in [3.8, 4) is 16.8 Å². The molecule has 0 saturated heterocycles. The van der Waals surface area contributed by atoms with Crippen LogP contribution in [0.4, 0.5) is 0 Å². The van der Waals surface area contributed by atoms with Gasteiger partial charge >= 0.3 is 5.69 Å². The molecule has 2 aromatic carbocycles. The summed E-state index contributed by atoms with van der Waals surface area (Å²) in [5.74, 6) is 0.825. The summed E-state index contributed by atoms with van der Waals surface area (Å²) in [6.45, 7) is 4.96. The van der Waals surface area contributed by atoms with E-state index in [9.17, 15) is 9.59 Å². The van der Waals surface area contributed by atoms with E-state index in [1.165, 1.54) is 9.13 Å². The van der Waals surface area contributed by atoms with Crippen LogP contribution in [0.1, 0.15) is 44.5 Å². The maximum atomic E-state index is 13.4. The van der Waals surface area contributed by atoms with E-state index < -0.39 is 0 Å². The lowest BCUT2D eigenvalue weighted by atomic mass is 10.0. The van der Waals surface area contributed by atoms with Gasteiger partial charge in [-0.25, -0.2) is 9.78 Å². The van der Waals surface area contributed by atoms with Crippen molar-refractivity contribution in [3.05, 3.63) is 87.1 Å². The maximum Gasteiger partial charge on any atom is 0.332 e. The van der Waals surface area contributed by atoms with Gasteiger partial charge in [-0.05, 0) is 40.5 Å². The molecule has 10 heteroatoms. The molecule has 0 N–H and O–H groups in total. The van der Waals surface area contributed by atoms with Gasteiger partial charge in [-0.2, -0.15) is 4.68 Å². The summed E-state index contributed by atoms with van der Waals surface area (Å²) in [5, 5.41) is 11.5. The van der Waals surface area contributed by atoms with E-state index in [0.29, 0.717) is 30.7 Å². The van der Waals surface area contributed by atoms with Crippen molar-refractivity contribution >= 4 is 11.2 Å². The second-order valence-electron chi connectivity index (χ2n) is 9.16. The number of tetrazole rings is 1. The first-order valence-electron chi connectivity index (χ1n) is 12.6. The van der Waals surface area contributed by atoms with Crippen molar-refractivity contribution in [1.82, 2.24) is 38.9 Å². The minimum atomic E-state index is -0.323. The van der Waals surface area contributed by atoms with Gasteiger partial charge in [0.1, 0.15) is 12.2 Å². The first-order valence-corrected chi connectivity index (χ1v) is 12.6. The van der Waals surface area contributed by atoms with Gasteiger partial charge in [0.2, 0.25) is 0 Å². The third-order valence-electron chi connectivity index (χ3n) is 6.62. The smallest absolute Gasteiger partial charge is 0.318 e. The van der Waals surface area contributed by atoms with E-state index in [2.05, 4.69) is 46.7 Å². The second kappa shape index (κ2) is 10.3. The van der Waals surface area contributed by atoms with Gasteiger partial charge in [-0.3, -0.25) is 13.9 Å². The molecule has 0 spiro atoms. The maximum absolute atomic E-state index is 13.4. The molecule has 10 nitrogen and oxygen atoms in total. The number of fused-ring (bicyclic) bond motifs is 1. The number of para-hydroxylation sites is 1. The molecule has 0 amide bonds. The Morgan fingerprint density at radius 2 is 1.70 bits per heavy atom. The molecule has 0 atom stereocenters. The van der Waals surface area contributed by atoms with Gasteiger partial charge in [0.25, 0.3) is 5.56 Å². The van der Waals surface area contributed by atoms with Crippen LogP contribution in [0.5, 0.6) is 0 Å². The van der Waals surface area contributed by atoms with Crippen LogP contribution in [0.2, 0.25) is 0 Å². The van der Waals surface area contributed by atoms with Crippen LogP contribution in [0.15, 0.2) is 64.4 Å². The summed E-state index contributed by atoms with van der Waals surface area (Å²) >= 11 is 0.